The number of halogens is 1. The molecular formula is C21H20BrN5O2S2. The van der Waals surface area contributed by atoms with Gasteiger partial charge in [0.05, 0.1) is 4.90 Å². The van der Waals surface area contributed by atoms with Crippen LogP contribution in [0.5, 0.6) is 0 Å². The highest BCUT2D eigenvalue weighted by atomic mass is 79.9. The van der Waals surface area contributed by atoms with Crippen LogP contribution in [-0.2, 0) is 22.2 Å². The van der Waals surface area contributed by atoms with Crippen molar-refractivity contribution in [2.75, 3.05) is 6.54 Å². The van der Waals surface area contributed by atoms with Crippen molar-refractivity contribution in [1.29, 1.82) is 0 Å². The SMILES string of the molecule is Cc1ccc(S(=O)(=O)NCCc2nnc3ccc(SCc4ccc(Br)cc4)nn23)cc1. The molecule has 7 nitrogen and oxygen atoms in total. The number of thioether (sulfide) groups is 1. The van der Waals surface area contributed by atoms with Gasteiger partial charge in [0.25, 0.3) is 0 Å². The summed E-state index contributed by atoms with van der Waals surface area (Å²) in [5.41, 5.74) is 2.84. The van der Waals surface area contributed by atoms with Crippen molar-refractivity contribution in [2.45, 2.75) is 29.0 Å². The molecule has 0 spiro atoms. The lowest BCUT2D eigenvalue weighted by molar-refractivity contribution is 0.580. The van der Waals surface area contributed by atoms with E-state index in [4.69, 9.17) is 0 Å². The maximum absolute atomic E-state index is 12.5. The Bertz CT molecular complexity index is 1290. The smallest absolute Gasteiger partial charge is 0.211 e. The summed E-state index contributed by atoms with van der Waals surface area (Å²) >= 11 is 5.06. The summed E-state index contributed by atoms with van der Waals surface area (Å²) in [5.74, 6) is 1.40. The summed E-state index contributed by atoms with van der Waals surface area (Å²) in [6, 6.07) is 18.7. The molecule has 0 aliphatic heterocycles. The second-order valence-electron chi connectivity index (χ2n) is 6.93. The van der Waals surface area contributed by atoms with Crippen LogP contribution in [0.25, 0.3) is 5.65 Å². The lowest BCUT2D eigenvalue weighted by Gasteiger charge is -2.07. The Morgan fingerprint density at radius 3 is 2.48 bits per heavy atom. The minimum absolute atomic E-state index is 0.203. The van der Waals surface area contributed by atoms with E-state index in [1.54, 1.807) is 40.5 Å². The van der Waals surface area contributed by atoms with Gasteiger partial charge in [0.2, 0.25) is 10.0 Å². The van der Waals surface area contributed by atoms with E-state index in [0.717, 1.165) is 20.8 Å². The van der Waals surface area contributed by atoms with Crippen LogP contribution in [0.4, 0.5) is 0 Å². The molecule has 0 radical (unpaired) electrons. The molecule has 0 atom stereocenters. The van der Waals surface area contributed by atoms with E-state index >= 15 is 0 Å². The Balaban J connectivity index is 1.41. The lowest BCUT2D eigenvalue weighted by Crippen LogP contribution is -2.26. The summed E-state index contributed by atoms with van der Waals surface area (Å²) in [7, 11) is -3.57. The number of fused-ring (bicyclic) bond motifs is 1. The standard InChI is InChI=1S/C21H20BrN5O2S2/c1-15-2-8-18(9-3-15)31(28,29)23-13-12-20-25-24-19-10-11-21(26-27(19)20)30-14-16-4-6-17(22)7-5-16/h2-11,23H,12-14H2,1H3. The second-order valence-corrected chi connectivity index (χ2v) is 10.6. The molecule has 0 unspecified atom stereocenters. The van der Waals surface area contributed by atoms with Gasteiger partial charge in [-0.05, 0) is 48.9 Å². The Morgan fingerprint density at radius 2 is 1.74 bits per heavy atom. The first kappa shape index (κ1) is 21.9. The zero-order chi connectivity index (χ0) is 21.8. The number of hydrogen-bond acceptors (Lipinski definition) is 6. The minimum Gasteiger partial charge on any atom is -0.211 e. The number of nitrogens with zero attached hydrogens (tertiary/aromatic N) is 4. The number of nitrogens with one attached hydrogen (secondary N) is 1. The monoisotopic (exact) mass is 517 g/mol. The van der Waals surface area contributed by atoms with Gasteiger partial charge >= 0.3 is 0 Å². The molecule has 2 aromatic heterocycles. The molecule has 0 saturated carbocycles. The largest absolute Gasteiger partial charge is 0.240 e. The molecule has 4 rings (SSSR count). The van der Waals surface area contributed by atoms with Crippen molar-refractivity contribution in [3.8, 4) is 0 Å². The van der Waals surface area contributed by atoms with Crippen LogP contribution in [0.1, 0.15) is 17.0 Å². The molecule has 0 saturated heterocycles. The van der Waals surface area contributed by atoms with Crippen LogP contribution in [0.2, 0.25) is 0 Å². The van der Waals surface area contributed by atoms with Gasteiger partial charge in [0.15, 0.2) is 11.5 Å². The molecule has 0 aliphatic carbocycles. The summed E-state index contributed by atoms with van der Waals surface area (Å²) in [4.78, 5) is 0.244. The van der Waals surface area contributed by atoms with Crippen molar-refractivity contribution in [2.24, 2.45) is 0 Å². The first-order valence-electron chi connectivity index (χ1n) is 9.56. The Kier molecular flexibility index (Phi) is 6.71. The summed E-state index contributed by atoms with van der Waals surface area (Å²) in [5, 5.41) is 13.8. The van der Waals surface area contributed by atoms with E-state index < -0.39 is 10.0 Å². The first-order chi connectivity index (χ1) is 14.9. The van der Waals surface area contributed by atoms with Crippen molar-refractivity contribution in [3.63, 3.8) is 0 Å². The van der Waals surface area contributed by atoms with Crippen LogP contribution in [0.3, 0.4) is 0 Å². The molecule has 2 heterocycles. The molecule has 0 amide bonds. The van der Waals surface area contributed by atoms with Crippen molar-refractivity contribution in [3.05, 3.63) is 82.1 Å². The molecule has 1 N–H and O–H groups in total. The predicted molar refractivity (Wildman–Crippen MR) is 125 cm³/mol. The third-order valence-electron chi connectivity index (χ3n) is 4.57. The highest BCUT2D eigenvalue weighted by molar-refractivity contribution is 9.10. The fraction of sp³-hybridized carbons (Fsp3) is 0.190. The van der Waals surface area contributed by atoms with Crippen LogP contribution in [0, 0.1) is 6.92 Å². The highest BCUT2D eigenvalue weighted by Gasteiger charge is 2.14. The molecule has 2 aromatic carbocycles. The van der Waals surface area contributed by atoms with Crippen LogP contribution >= 0.6 is 27.7 Å². The number of aryl methyl sites for hydroxylation is 1. The Labute approximate surface area is 193 Å². The van der Waals surface area contributed by atoms with Gasteiger partial charge in [0, 0.05) is 23.2 Å². The number of benzene rings is 2. The van der Waals surface area contributed by atoms with E-state index in [0.29, 0.717) is 17.9 Å². The normalized spacial score (nSPS) is 11.8. The van der Waals surface area contributed by atoms with Gasteiger partial charge < -0.3 is 0 Å². The van der Waals surface area contributed by atoms with Gasteiger partial charge in [-0.2, -0.15) is 9.61 Å². The summed E-state index contributed by atoms with van der Waals surface area (Å²) in [6.07, 6.45) is 0.375. The van der Waals surface area contributed by atoms with E-state index in [9.17, 15) is 8.42 Å². The highest BCUT2D eigenvalue weighted by Crippen LogP contribution is 2.22. The lowest BCUT2D eigenvalue weighted by atomic mass is 10.2. The fourth-order valence-electron chi connectivity index (χ4n) is 2.89. The van der Waals surface area contributed by atoms with E-state index in [1.165, 1.54) is 5.56 Å². The second kappa shape index (κ2) is 9.47. The zero-order valence-electron chi connectivity index (χ0n) is 16.7. The number of sulfonamides is 1. The number of aromatic nitrogens is 4. The summed E-state index contributed by atoms with van der Waals surface area (Å²) in [6.45, 7) is 2.12. The average Bonchev–Trinajstić information content (AvgIpc) is 3.16. The Morgan fingerprint density at radius 1 is 1.00 bits per heavy atom. The maximum atomic E-state index is 12.5. The van der Waals surface area contributed by atoms with Gasteiger partial charge in [-0.25, -0.2) is 13.1 Å². The molecule has 31 heavy (non-hydrogen) atoms. The van der Waals surface area contributed by atoms with E-state index in [1.807, 2.05) is 31.2 Å². The van der Waals surface area contributed by atoms with Crippen molar-refractivity contribution in [1.82, 2.24) is 24.5 Å². The molecule has 0 bridgehead atoms. The van der Waals surface area contributed by atoms with E-state index in [2.05, 4.69) is 48.1 Å². The summed E-state index contributed by atoms with van der Waals surface area (Å²) < 4.78 is 30.2. The number of hydrogen-bond donors (Lipinski definition) is 1. The average molecular weight is 518 g/mol. The van der Waals surface area contributed by atoms with Crippen LogP contribution in [-0.4, -0.2) is 34.8 Å². The fourth-order valence-corrected chi connectivity index (χ4v) is 4.99. The van der Waals surface area contributed by atoms with Crippen LogP contribution in [0.15, 0.2) is 75.1 Å². The van der Waals surface area contributed by atoms with Crippen LogP contribution < -0.4 is 4.72 Å². The molecule has 0 fully saturated rings. The molecule has 160 valence electrons. The van der Waals surface area contributed by atoms with Crippen molar-refractivity contribution < 1.29 is 8.42 Å². The van der Waals surface area contributed by atoms with Gasteiger partial charge in [-0.15, -0.1) is 10.2 Å². The topological polar surface area (TPSA) is 89.2 Å². The predicted octanol–water partition coefficient (Wildman–Crippen LogP) is 4.01. The minimum atomic E-state index is -3.57. The Hall–Kier alpha value is -2.27. The molecule has 4 aromatic rings. The maximum Gasteiger partial charge on any atom is 0.240 e. The zero-order valence-corrected chi connectivity index (χ0v) is 19.9. The van der Waals surface area contributed by atoms with Crippen molar-refractivity contribution >= 4 is 43.4 Å². The number of rotatable bonds is 8. The third-order valence-corrected chi connectivity index (χ3v) is 7.57. The molecule has 0 aliphatic rings. The first-order valence-corrected chi connectivity index (χ1v) is 12.8. The van der Waals surface area contributed by atoms with Gasteiger partial charge in [-0.3, -0.25) is 0 Å². The quantitative estimate of drug-likeness (QED) is 0.355. The van der Waals surface area contributed by atoms with E-state index in [-0.39, 0.29) is 11.4 Å². The van der Waals surface area contributed by atoms with Gasteiger partial charge in [-0.1, -0.05) is 57.5 Å². The molecular weight excluding hydrogens is 498 g/mol. The van der Waals surface area contributed by atoms with Gasteiger partial charge in [0.1, 0.15) is 5.03 Å². The molecule has 10 heteroatoms. The third kappa shape index (κ3) is 5.51.